The van der Waals surface area contributed by atoms with Crippen molar-refractivity contribution in [2.75, 3.05) is 11.4 Å². The van der Waals surface area contributed by atoms with Crippen LogP contribution in [0.15, 0.2) is 109 Å². The van der Waals surface area contributed by atoms with Gasteiger partial charge in [-0.2, -0.15) is 4.57 Å². The van der Waals surface area contributed by atoms with Crippen LogP contribution in [0.2, 0.25) is 0 Å². The van der Waals surface area contributed by atoms with Gasteiger partial charge in [0.15, 0.2) is 0 Å². The van der Waals surface area contributed by atoms with Gasteiger partial charge in [-0.1, -0.05) is 90.2 Å². The van der Waals surface area contributed by atoms with Gasteiger partial charge in [0, 0.05) is 35.5 Å². The molecule has 6 rings (SSSR count). The van der Waals surface area contributed by atoms with Crippen LogP contribution in [0.4, 0.5) is 5.69 Å². The van der Waals surface area contributed by atoms with E-state index in [0.717, 1.165) is 19.5 Å². The highest BCUT2D eigenvalue weighted by Gasteiger charge is 2.44. The molecular formula is C34H33N2S+. The van der Waals surface area contributed by atoms with E-state index >= 15 is 0 Å². The van der Waals surface area contributed by atoms with Gasteiger partial charge in [0.05, 0.1) is 0 Å². The van der Waals surface area contributed by atoms with E-state index in [1.54, 1.807) is 0 Å². The minimum Gasteiger partial charge on any atom is -0.344 e. The molecule has 0 N–H and O–H groups in total. The molecule has 0 radical (unpaired) electrons. The van der Waals surface area contributed by atoms with Crippen LogP contribution in [-0.2, 0) is 18.4 Å². The second-order valence-corrected chi connectivity index (χ2v) is 11.0. The highest BCUT2D eigenvalue weighted by Crippen LogP contribution is 2.52. The summed E-state index contributed by atoms with van der Waals surface area (Å²) in [5.41, 5.74) is 6.69. The van der Waals surface area contributed by atoms with Gasteiger partial charge in [-0.3, -0.25) is 0 Å². The molecule has 0 bridgehead atoms. The summed E-state index contributed by atoms with van der Waals surface area (Å²) in [6.45, 7) is 8.83. The lowest BCUT2D eigenvalue weighted by Gasteiger charge is -2.30. The quantitative estimate of drug-likeness (QED) is 0.212. The van der Waals surface area contributed by atoms with Crippen LogP contribution in [0.5, 0.6) is 0 Å². The van der Waals surface area contributed by atoms with Crippen LogP contribution in [0, 0.1) is 0 Å². The minimum atomic E-state index is -0.140. The molecule has 0 aliphatic carbocycles. The Kier molecular flexibility index (Phi) is 6.18. The number of benzene rings is 4. The molecule has 1 aromatic heterocycles. The number of thiazole rings is 1. The van der Waals surface area contributed by atoms with E-state index in [4.69, 9.17) is 0 Å². The maximum Gasteiger partial charge on any atom is 0.262 e. The molecule has 5 aromatic rings. The van der Waals surface area contributed by atoms with E-state index in [9.17, 15) is 0 Å². The van der Waals surface area contributed by atoms with Crippen molar-refractivity contribution in [2.45, 2.75) is 39.2 Å². The molecule has 0 amide bonds. The van der Waals surface area contributed by atoms with Crippen LogP contribution >= 0.6 is 11.3 Å². The topological polar surface area (TPSA) is 7.12 Å². The number of fused-ring (bicyclic) bond motifs is 4. The number of aryl methyl sites for hydroxylation is 1. The molecule has 1 atom stereocenters. The summed E-state index contributed by atoms with van der Waals surface area (Å²) in [6.07, 6.45) is 7.89. The van der Waals surface area contributed by atoms with Crippen molar-refractivity contribution in [1.29, 1.82) is 0 Å². The Morgan fingerprint density at radius 1 is 0.865 bits per heavy atom. The van der Waals surface area contributed by atoms with E-state index in [2.05, 4.69) is 139 Å². The van der Waals surface area contributed by atoms with Crippen LogP contribution in [0.25, 0.3) is 27.1 Å². The van der Waals surface area contributed by atoms with Crippen molar-refractivity contribution in [3.8, 4) is 0 Å². The number of anilines is 1. The smallest absolute Gasteiger partial charge is 0.262 e. The highest BCUT2D eigenvalue weighted by molar-refractivity contribution is 7.18. The fourth-order valence-electron chi connectivity index (χ4n) is 6.14. The molecule has 1 unspecified atom stereocenters. The Bertz CT molecular complexity index is 1640. The fraction of sp³-hybridized carbons (Fsp3) is 0.206. The zero-order valence-corrected chi connectivity index (χ0v) is 22.6. The van der Waals surface area contributed by atoms with Gasteiger partial charge in [-0.15, -0.1) is 0 Å². The SMILES string of the molecule is CCN1C(=CC=Cc2sc3ccccc3[n+]2CC)C(C)(Cc2ccccc2)c2c1ccc1ccccc21. The third-order valence-electron chi connectivity index (χ3n) is 7.77. The van der Waals surface area contributed by atoms with Gasteiger partial charge in [-0.05, 0) is 67.3 Å². The number of hydrogen-bond acceptors (Lipinski definition) is 2. The number of rotatable bonds is 6. The Labute approximate surface area is 223 Å². The number of para-hydroxylation sites is 1. The summed E-state index contributed by atoms with van der Waals surface area (Å²) in [5, 5.41) is 3.95. The first kappa shape index (κ1) is 23.7. The monoisotopic (exact) mass is 501 g/mol. The van der Waals surface area contributed by atoms with Crippen molar-refractivity contribution < 1.29 is 4.57 Å². The first-order valence-electron chi connectivity index (χ1n) is 13.3. The minimum absolute atomic E-state index is 0.140. The lowest BCUT2D eigenvalue weighted by Crippen LogP contribution is -2.33. The fourth-order valence-corrected chi connectivity index (χ4v) is 7.28. The van der Waals surface area contributed by atoms with E-state index in [-0.39, 0.29) is 5.41 Å². The molecule has 2 heterocycles. The van der Waals surface area contributed by atoms with Crippen molar-refractivity contribution >= 4 is 44.1 Å². The normalized spacial score (nSPS) is 18.5. The summed E-state index contributed by atoms with van der Waals surface area (Å²) >= 11 is 1.86. The lowest BCUT2D eigenvalue weighted by atomic mass is 9.74. The summed E-state index contributed by atoms with van der Waals surface area (Å²) in [5.74, 6) is 0. The van der Waals surface area contributed by atoms with Crippen LogP contribution in [0.3, 0.4) is 0 Å². The maximum atomic E-state index is 2.52. The van der Waals surface area contributed by atoms with E-state index in [1.165, 1.54) is 48.5 Å². The molecule has 184 valence electrons. The zero-order valence-electron chi connectivity index (χ0n) is 21.8. The zero-order chi connectivity index (χ0) is 25.4. The standard InChI is InChI=1S/C34H33N2S/c1-4-35-29-23-22-26-16-9-10-17-27(26)33(29)34(3,24-25-14-7-6-8-15-25)31(35)20-13-21-32-36(5-2)28-18-11-12-19-30(28)37-32/h6-23H,4-5,24H2,1-3H3/q+1. The molecule has 0 spiro atoms. The van der Waals surface area contributed by atoms with Gasteiger partial charge in [0.2, 0.25) is 5.52 Å². The van der Waals surface area contributed by atoms with Gasteiger partial charge >= 0.3 is 0 Å². The molecule has 0 saturated carbocycles. The Morgan fingerprint density at radius 3 is 2.43 bits per heavy atom. The molecule has 0 saturated heterocycles. The largest absolute Gasteiger partial charge is 0.344 e. The highest BCUT2D eigenvalue weighted by atomic mass is 32.1. The predicted molar refractivity (Wildman–Crippen MR) is 159 cm³/mol. The number of aromatic nitrogens is 1. The molecule has 1 aliphatic rings. The number of hydrogen-bond donors (Lipinski definition) is 0. The molecule has 1 aliphatic heterocycles. The van der Waals surface area contributed by atoms with Crippen molar-refractivity contribution in [3.63, 3.8) is 0 Å². The van der Waals surface area contributed by atoms with Crippen LogP contribution in [-0.4, -0.2) is 6.54 Å². The van der Waals surface area contributed by atoms with Crippen LogP contribution in [0.1, 0.15) is 36.9 Å². The van der Waals surface area contributed by atoms with Gasteiger partial charge in [-0.25, -0.2) is 0 Å². The molecule has 3 heteroatoms. The first-order chi connectivity index (χ1) is 18.1. The average Bonchev–Trinajstić information content (AvgIpc) is 3.41. The first-order valence-corrected chi connectivity index (χ1v) is 14.1. The summed E-state index contributed by atoms with van der Waals surface area (Å²) in [6, 6.07) is 33.1. The second-order valence-electron chi connectivity index (χ2n) is 9.98. The average molecular weight is 502 g/mol. The maximum absolute atomic E-state index is 2.52. The van der Waals surface area contributed by atoms with Crippen molar-refractivity contribution in [2.24, 2.45) is 0 Å². The molecule has 37 heavy (non-hydrogen) atoms. The van der Waals surface area contributed by atoms with Crippen molar-refractivity contribution in [3.05, 3.63) is 125 Å². The third-order valence-corrected chi connectivity index (χ3v) is 8.90. The van der Waals surface area contributed by atoms with E-state index in [1.807, 2.05) is 11.3 Å². The predicted octanol–water partition coefficient (Wildman–Crippen LogP) is 8.30. The van der Waals surface area contributed by atoms with Crippen molar-refractivity contribution in [1.82, 2.24) is 0 Å². The Hall–Kier alpha value is -3.69. The third kappa shape index (κ3) is 3.98. The Morgan fingerprint density at radius 2 is 1.62 bits per heavy atom. The molecule has 0 fully saturated rings. The van der Waals surface area contributed by atoms with Gasteiger partial charge in [0.1, 0.15) is 11.2 Å². The number of allylic oxidation sites excluding steroid dienone is 3. The Balaban J connectivity index is 1.50. The molecule has 4 aromatic carbocycles. The summed E-state index contributed by atoms with van der Waals surface area (Å²) < 4.78 is 3.74. The van der Waals surface area contributed by atoms with E-state index < -0.39 is 0 Å². The van der Waals surface area contributed by atoms with E-state index in [0.29, 0.717) is 0 Å². The van der Waals surface area contributed by atoms with Gasteiger partial charge < -0.3 is 4.90 Å². The van der Waals surface area contributed by atoms with Gasteiger partial charge in [0.25, 0.3) is 5.01 Å². The summed E-state index contributed by atoms with van der Waals surface area (Å²) in [7, 11) is 0. The summed E-state index contributed by atoms with van der Waals surface area (Å²) in [4.78, 5) is 2.52. The molecular weight excluding hydrogens is 468 g/mol. The lowest BCUT2D eigenvalue weighted by molar-refractivity contribution is -0.665. The van der Waals surface area contributed by atoms with Crippen LogP contribution < -0.4 is 9.47 Å². The molecule has 2 nitrogen and oxygen atoms in total. The number of nitrogens with zero attached hydrogens (tertiary/aromatic N) is 2. The number of likely N-dealkylation sites (N-methyl/N-ethyl adjacent to an activating group) is 1. The second kappa shape index (κ2) is 9.64.